The van der Waals surface area contributed by atoms with Crippen LogP contribution in [0.4, 0.5) is 0 Å². The molecule has 4 amide bonds. The standard InChI is InChI=1S/C18H10N2O4/c21-15-7-13(17(23)19-15)11-5-6-12(10-4-2-1-3-9(10)11)14-8-16(22)20-18(14)24/h1-8H,(H,19,21,23)(H,20,22,24). The molecular formula is C18H10N2O4. The summed E-state index contributed by atoms with van der Waals surface area (Å²) in [6, 6.07) is 10.6. The maximum Gasteiger partial charge on any atom is 0.258 e. The van der Waals surface area contributed by atoms with Crippen molar-refractivity contribution in [2.45, 2.75) is 0 Å². The van der Waals surface area contributed by atoms with Gasteiger partial charge in [0.05, 0.1) is 11.1 Å². The number of rotatable bonds is 2. The van der Waals surface area contributed by atoms with Crippen LogP contribution in [0.2, 0.25) is 0 Å². The highest BCUT2D eigenvalue weighted by Crippen LogP contribution is 2.33. The van der Waals surface area contributed by atoms with Gasteiger partial charge in [-0.15, -0.1) is 0 Å². The van der Waals surface area contributed by atoms with Crippen LogP contribution in [-0.2, 0) is 19.2 Å². The number of imide groups is 2. The Bertz CT molecular complexity index is 948. The molecule has 2 N–H and O–H groups in total. The van der Waals surface area contributed by atoms with E-state index in [1.54, 1.807) is 36.4 Å². The molecule has 2 heterocycles. The molecule has 6 heteroatoms. The van der Waals surface area contributed by atoms with E-state index in [1.165, 1.54) is 12.2 Å². The zero-order valence-corrected chi connectivity index (χ0v) is 12.3. The summed E-state index contributed by atoms with van der Waals surface area (Å²) >= 11 is 0. The Morgan fingerprint density at radius 2 is 1.00 bits per heavy atom. The zero-order chi connectivity index (χ0) is 16.8. The molecule has 2 aliphatic rings. The molecular weight excluding hydrogens is 308 g/mol. The molecule has 4 rings (SSSR count). The van der Waals surface area contributed by atoms with Crippen LogP contribution in [0.25, 0.3) is 21.9 Å². The van der Waals surface area contributed by atoms with E-state index in [4.69, 9.17) is 0 Å². The van der Waals surface area contributed by atoms with E-state index >= 15 is 0 Å². The third kappa shape index (κ3) is 2.04. The molecule has 6 nitrogen and oxygen atoms in total. The third-order valence-electron chi connectivity index (χ3n) is 4.02. The summed E-state index contributed by atoms with van der Waals surface area (Å²) in [5.74, 6) is -1.81. The fourth-order valence-electron chi connectivity index (χ4n) is 2.99. The van der Waals surface area contributed by atoms with Gasteiger partial charge in [-0.1, -0.05) is 36.4 Å². The van der Waals surface area contributed by atoms with Crippen LogP contribution in [0.1, 0.15) is 11.1 Å². The van der Waals surface area contributed by atoms with E-state index in [0.717, 1.165) is 10.8 Å². The first-order valence-electron chi connectivity index (χ1n) is 7.21. The van der Waals surface area contributed by atoms with Gasteiger partial charge in [-0.3, -0.25) is 29.8 Å². The lowest BCUT2D eigenvalue weighted by Gasteiger charge is -2.11. The molecule has 116 valence electrons. The number of hydrogen-bond donors (Lipinski definition) is 2. The van der Waals surface area contributed by atoms with Crippen molar-refractivity contribution < 1.29 is 19.2 Å². The fourth-order valence-corrected chi connectivity index (χ4v) is 2.99. The average Bonchev–Trinajstić information content (AvgIpc) is 3.07. The largest absolute Gasteiger partial charge is 0.289 e. The second-order valence-corrected chi connectivity index (χ2v) is 5.46. The van der Waals surface area contributed by atoms with Gasteiger partial charge >= 0.3 is 0 Å². The number of benzene rings is 2. The fraction of sp³-hybridized carbons (Fsp3) is 0. The highest BCUT2D eigenvalue weighted by atomic mass is 16.2. The molecule has 2 aromatic rings. The predicted molar refractivity (Wildman–Crippen MR) is 86.2 cm³/mol. The van der Waals surface area contributed by atoms with Gasteiger partial charge in [-0.25, -0.2) is 0 Å². The molecule has 2 aliphatic heterocycles. The number of amides is 4. The Kier molecular flexibility index (Phi) is 2.93. The summed E-state index contributed by atoms with van der Waals surface area (Å²) in [5.41, 5.74) is 1.76. The van der Waals surface area contributed by atoms with Gasteiger partial charge in [0.25, 0.3) is 23.6 Å². The minimum Gasteiger partial charge on any atom is -0.289 e. The Labute approximate surface area is 135 Å². The molecule has 0 aromatic heterocycles. The van der Waals surface area contributed by atoms with E-state index in [2.05, 4.69) is 10.6 Å². The first-order valence-corrected chi connectivity index (χ1v) is 7.21. The Morgan fingerprint density at radius 1 is 0.583 bits per heavy atom. The molecule has 0 aliphatic carbocycles. The molecule has 0 saturated heterocycles. The number of carbonyl (C=O) groups is 4. The lowest BCUT2D eigenvalue weighted by molar-refractivity contribution is -0.124. The van der Waals surface area contributed by atoms with Crippen LogP contribution in [0, 0.1) is 0 Å². The summed E-state index contributed by atoms with van der Waals surface area (Å²) in [6.07, 6.45) is 2.52. The normalized spacial score (nSPS) is 17.0. The van der Waals surface area contributed by atoms with Gasteiger partial charge in [0.15, 0.2) is 0 Å². The van der Waals surface area contributed by atoms with Gasteiger partial charge in [0, 0.05) is 12.2 Å². The van der Waals surface area contributed by atoms with Crippen molar-refractivity contribution in [3.63, 3.8) is 0 Å². The minimum atomic E-state index is -0.453. The highest BCUT2D eigenvalue weighted by Gasteiger charge is 2.27. The van der Waals surface area contributed by atoms with Crippen LogP contribution in [0.5, 0.6) is 0 Å². The quantitative estimate of drug-likeness (QED) is 0.805. The number of hydrogen-bond acceptors (Lipinski definition) is 4. The van der Waals surface area contributed by atoms with Crippen molar-refractivity contribution >= 4 is 45.5 Å². The lowest BCUT2D eigenvalue weighted by atomic mass is 9.92. The maximum atomic E-state index is 11.9. The maximum absolute atomic E-state index is 11.9. The molecule has 0 bridgehead atoms. The minimum absolute atomic E-state index is 0.281. The van der Waals surface area contributed by atoms with Crippen LogP contribution in [0.15, 0.2) is 48.6 Å². The van der Waals surface area contributed by atoms with Gasteiger partial charge in [0.1, 0.15) is 0 Å². The highest BCUT2D eigenvalue weighted by molar-refractivity contribution is 6.37. The smallest absolute Gasteiger partial charge is 0.258 e. The summed E-state index contributed by atoms with van der Waals surface area (Å²) < 4.78 is 0. The molecule has 0 fully saturated rings. The van der Waals surface area contributed by atoms with Crippen molar-refractivity contribution in [3.05, 3.63) is 59.7 Å². The molecule has 0 unspecified atom stereocenters. The third-order valence-corrected chi connectivity index (χ3v) is 4.02. The van der Waals surface area contributed by atoms with Gasteiger partial charge in [-0.05, 0) is 21.9 Å². The first kappa shape index (κ1) is 14.1. The van der Waals surface area contributed by atoms with Gasteiger partial charge < -0.3 is 0 Å². The van der Waals surface area contributed by atoms with Crippen molar-refractivity contribution in [3.8, 4) is 0 Å². The second kappa shape index (κ2) is 4.99. The van der Waals surface area contributed by atoms with Gasteiger partial charge in [-0.2, -0.15) is 0 Å². The van der Waals surface area contributed by atoms with Crippen LogP contribution in [-0.4, -0.2) is 23.6 Å². The van der Waals surface area contributed by atoms with E-state index in [1.807, 2.05) is 0 Å². The SMILES string of the molecule is O=C1C=C(c2ccc(C3=CC(=O)NC3=O)c3ccccc23)C(=O)N1. The topological polar surface area (TPSA) is 92.3 Å². The second-order valence-electron chi connectivity index (χ2n) is 5.46. The molecule has 0 atom stereocenters. The molecule has 2 aromatic carbocycles. The summed E-state index contributed by atoms with van der Waals surface area (Å²) in [6.45, 7) is 0. The zero-order valence-electron chi connectivity index (χ0n) is 12.3. The summed E-state index contributed by atoms with van der Waals surface area (Å²) in [7, 11) is 0. The lowest BCUT2D eigenvalue weighted by Crippen LogP contribution is -2.22. The van der Waals surface area contributed by atoms with Gasteiger partial charge in [0.2, 0.25) is 0 Å². The van der Waals surface area contributed by atoms with Crippen LogP contribution in [0.3, 0.4) is 0 Å². The van der Waals surface area contributed by atoms with Crippen LogP contribution < -0.4 is 10.6 Å². The Hall–Kier alpha value is -3.54. The molecule has 24 heavy (non-hydrogen) atoms. The Balaban J connectivity index is 1.97. The van der Waals surface area contributed by atoms with E-state index in [-0.39, 0.29) is 11.1 Å². The number of fused-ring (bicyclic) bond motifs is 1. The summed E-state index contributed by atoms with van der Waals surface area (Å²) in [5, 5.41) is 5.89. The molecule has 0 radical (unpaired) electrons. The monoisotopic (exact) mass is 318 g/mol. The number of carbonyl (C=O) groups excluding carboxylic acids is 4. The van der Waals surface area contributed by atoms with E-state index in [0.29, 0.717) is 11.1 Å². The van der Waals surface area contributed by atoms with Crippen molar-refractivity contribution in [2.75, 3.05) is 0 Å². The van der Waals surface area contributed by atoms with Crippen molar-refractivity contribution in [1.82, 2.24) is 10.6 Å². The number of nitrogens with one attached hydrogen (secondary N) is 2. The molecule has 0 saturated carbocycles. The Morgan fingerprint density at radius 3 is 1.33 bits per heavy atom. The molecule has 0 spiro atoms. The van der Waals surface area contributed by atoms with Crippen LogP contribution >= 0.6 is 0 Å². The predicted octanol–water partition coefficient (Wildman–Crippen LogP) is 0.919. The van der Waals surface area contributed by atoms with Crippen molar-refractivity contribution in [1.29, 1.82) is 0 Å². The van der Waals surface area contributed by atoms with E-state index < -0.39 is 23.6 Å². The summed E-state index contributed by atoms with van der Waals surface area (Å²) in [4.78, 5) is 46.7. The first-order chi connectivity index (χ1) is 11.5. The van der Waals surface area contributed by atoms with E-state index in [9.17, 15) is 19.2 Å². The average molecular weight is 318 g/mol. The van der Waals surface area contributed by atoms with Crippen molar-refractivity contribution in [2.24, 2.45) is 0 Å².